The molecular formula is C25H31FN8O3. The van der Waals surface area contributed by atoms with E-state index in [0.717, 1.165) is 17.9 Å². The van der Waals surface area contributed by atoms with E-state index < -0.39 is 24.8 Å². The number of hydrogen-bond donors (Lipinski definition) is 2. The number of nitrogens with one attached hydrogen (secondary N) is 1. The molecule has 2 N–H and O–H groups in total. The second-order valence-electron chi connectivity index (χ2n) is 8.02. The smallest absolute Gasteiger partial charge is 0.248 e. The fraction of sp³-hybridized carbons (Fsp3) is 0.440. The average molecular weight is 511 g/mol. The number of aryl methyl sites for hydroxylation is 2. The first-order valence-corrected chi connectivity index (χ1v) is 12.2. The van der Waals surface area contributed by atoms with E-state index in [0.29, 0.717) is 17.3 Å². The number of benzene rings is 1. The molecule has 1 aliphatic heterocycles. The molecule has 0 unspecified atom stereocenters. The number of anilines is 2. The lowest BCUT2D eigenvalue weighted by molar-refractivity contribution is -0.138. The number of amides is 1. The van der Waals surface area contributed by atoms with Crippen LogP contribution in [0.1, 0.15) is 38.4 Å². The second kappa shape index (κ2) is 12.7. The van der Waals surface area contributed by atoms with Gasteiger partial charge < -0.3 is 20.1 Å². The summed E-state index contributed by atoms with van der Waals surface area (Å²) in [5.41, 5.74) is 2.36. The van der Waals surface area contributed by atoms with Crippen molar-refractivity contribution in [2.24, 2.45) is 0 Å². The van der Waals surface area contributed by atoms with E-state index in [1.807, 2.05) is 33.9 Å². The van der Waals surface area contributed by atoms with Crippen LogP contribution in [-0.2, 0) is 11.3 Å². The van der Waals surface area contributed by atoms with Crippen LogP contribution in [0.15, 0.2) is 30.7 Å². The Balaban J connectivity index is 0.00000186. The van der Waals surface area contributed by atoms with E-state index in [9.17, 15) is 14.4 Å². The highest BCUT2D eigenvalue weighted by atomic mass is 19.1. The molecule has 0 radical (unpaired) electrons. The van der Waals surface area contributed by atoms with Crippen LogP contribution in [0.3, 0.4) is 0 Å². The van der Waals surface area contributed by atoms with Crippen LogP contribution in [0, 0.1) is 18.3 Å². The number of aliphatic hydroxyl groups is 1. The van der Waals surface area contributed by atoms with E-state index in [-0.39, 0.29) is 30.8 Å². The van der Waals surface area contributed by atoms with Crippen molar-refractivity contribution in [3.8, 4) is 23.2 Å². The molecule has 1 aliphatic rings. The van der Waals surface area contributed by atoms with Crippen LogP contribution in [-0.4, -0.2) is 72.6 Å². The Morgan fingerprint density at radius 2 is 2.14 bits per heavy atom. The molecule has 37 heavy (non-hydrogen) atoms. The molecule has 3 aromatic rings. The Hall–Kier alpha value is -4.11. The van der Waals surface area contributed by atoms with Crippen LogP contribution < -0.4 is 10.1 Å². The Kier molecular flexibility index (Phi) is 9.45. The van der Waals surface area contributed by atoms with Gasteiger partial charge in [-0.2, -0.15) is 15.3 Å². The summed E-state index contributed by atoms with van der Waals surface area (Å²) >= 11 is 0. The summed E-state index contributed by atoms with van der Waals surface area (Å²) in [5.74, 6) is 0.400. The zero-order valence-electron chi connectivity index (χ0n) is 21.3. The number of carbonyl (C=O) groups excluding carboxylic acids is 1. The van der Waals surface area contributed by atoms with Gasteiger partial charge >= 0.3 is 0 Å². The van der Waals surface area contributed by atoms with Gasteiger partial charge in [0.15, 0.2) is 12.0 Å². The third-order valence-electron chi connectivity index (χ3n) is 5.69. The normalized spacial score (nSPS) is 16.8. The number of aliphatic hydroxyl groups excluding tert-OH is 1. The summed E-state index contributed by atoms with van der Waals surface area (Å²) in [6.45, 7) is 8.05. The van der Waals surface area contributed by atoms with Crippen molar-refractivity contribution >= 4 is 17.5 Å². The van der Waals surface area contributed by atoms with E-state index in [1.54, 1.807) is 22.9 Å². The Bertz CT molecular complexity index is 1260. The average Bonchev–Trinajstić information content (AvgIpc) is 3.29. The first-order valence-electron chi connectivity index (χ1n) is 12.2. The minimum absolute atomic E-state index is 0.165. The van der Waals surface area contributed by atoms with Gasteiger partial charge in [0.2, 0.25) is 11.9 Å². The number of nitriles is 1. The topological polar surface area (TPSA) is 142 Å². The minimum Gasteiger partial charge on any atom is -0.486 e. The third kappa shape index (κ3) is 6.56. The third-order valence-corrected chi connectivity index (χ3v) is 5.69. The molecule has 2 atom stereocenters. The van der Waals surface area contributed by atoms with Crippen molar-refractivity contribution < 1.29 is 19.0 Å². The molecule has 0 aliphatic carbocycles. The van der Waals surface area contributed by atoms with Gasteiger partial charge in [0, 0.05) is 31.3 Å². The number of hydrogen-bond acceptors (Lipinski definition) is 9. The van der Waals surface area contributed by atoms with Crippen LogP contribution >= 0.6 is 0 Å². The summed E-state index contributed by atoms with van der Waals surface area (Å²) in [4.78, 5) is 25.7. The van der Waals surface area contributed by atoms with E-state index in [2.05, 4.69) is 31.4 Å². The summed E-state index contributed by atoms with van der Waals surface area (Å²) in [7, 11) is 0. The van der Waals surface area contributed by atoms with Gasteiger partial charge in [-0.3, -0.25) is 9.48 Å². The largest absolute Gasteiger partial charge is 0.486 e. The lowest BCUT2D eigenvalue weighted by Crippen LogP contribution is -2.50. The standard InChI is InChI=1S/C23H25FN8O3.C2H6/c1-3-32-11-18(14(2)30-32)28-23-27-13-26-22(29-23)15-4-5-19(16(8-15)9-25)35-20-6-7-31(10-17(20)24)21(34)12-33;1-2/h4-5,8,11,13,17,20,33H,3,6-7,10,12H2,1-2H3,(H,26,27,28,29);1-2H3/t17-,20+;/m1./s1. The van der Waals surface area contributed by atoms with E-state index in [4.69, 9.17) is 9.84 Å². The molecule has 1 amide bonds. The summed E-state index contributed by atoms with van der Waals surface area (Å²) in [5, 5.41) is 26.1. The number of aromatic nitrogens is 5. The van der Waals surface area contributed by atoms with E-state index >= 15 is 0 Å². The molecule has 2 aromatic heterocycles. The van der Waals surface area contributed by atoms with Gasteiger partial charge in [0.1, 0.15) is 30.9 Å². The lowest BCUT2D eigenvalue weighted by atomic mass is 10.0. The molecule has 1 aromatic carbocycles. The number of ether oxygens (including phenoxy) is 1. The number of nitrogens with zero attached hydrogens (tertiary/aromatic N) is 7. The maximum absolute atomic E-state index is 14.6. The molecule has 196 valence electrons. The van der Waals surface area contributed by atoms with Gasteiger partial charge in [-0.1, -0.05) is 13.8 Å². The molecular weight excluding hydrogens is 479 g/mol. The van der Waals surface area contributed by atoms with Crippen molar-refractivity contribution in [3.63, 3.8) is 0 Å². The van der Waals surface area contributed by atoms with Crippen molar-refractivity contribution in [1.29, 1.82) is 5.26 Å². The van der Waals surface area contributed by atoms with Crippen molar-refractivity contribution in [1.82, 2.24) is 29.6 Å². The van der Waals surface area contributed by atoms with Gasteiger partial charge in [-0.15, -0.1) is 0 Å². The maximum atomic E-state index is 14.6. The molecule has 11 nitrogen and oxygen atoms in total. The van der Waals surface area contributed by atoms with Gasteiger partial charge in [-0.25, -0.2) is 14.4 Å². The Morgan fingerprint density at radius 3 is 2.78 bits per heavy atom. The number of piperidine rings is 1. The SMILES string of the molecule is CC.CCn1cc(Nc2ncnc(-c3ccc(O[C@H]4CCN(C(=O)CO)C[C@H]4F)c(C#N)c3)n2)c(C)n1. The Morgan fingerprint density at radius 1 is 1.35 bits per heavy atom. The van der Waals surface area contributed by atoms with Crippen molar-refractivity contribution in [3.05, 3.63) is 42.0 Å². The van der Waals surface area contributed by atoms with Gasteiger partial charge in [0.05, 0.1) is 23.5 Å². The number of rotatable bonds is 7. The van der Waals surface area contributed by atoms with Crippen LogP contribution in [0.2, 0.25) is 0 Å². The summed E-state index contributed by atoms with van der Waals surface area (Å²) in [6.07, 6.45) is 1.23. The number of carbonyl (C=O) groups is 1. The monoisotopic (exact) mass is 510 g/mol. The molecule has 12 heteroatoms. The molecule has 1 saturated heterocycles. The summed E-state index contributed by atoms with van der Waals surface area (Å²) in [6, 6.07) is 6.92. The Labute approximate surface area is 214 Å². The zero-order valence-corrected chi connectivity index (χ0v) is 21.3. The first kappa shape index (κ1) is 27.5. The molecule has 0 saturated carbocycles. The number of likely N-dealkylation sites (tertiary alicyclic amines) is 1. The molecule has 0 bridgehead atoms. The maximum Gasteiger partial charge on any atom is 0.248 e. The highest BCUT2D eigenvalue weighted by molar-refractivity contribution is 5.77. The predicted molar refractivity (Wildman–Crippen MR) is 135 cm³/mol. The minimum atomic E-state index is -1.44. The highest BCUT2D eigenvalue weighted by Gasteiger charge is 2.33. The van der Waals surface area contributed by atoms with Crippen LogP contribution in [0.25, 0.3) is 11.4 Å². The molecule has 1 fully saturated rings. The van der Waals surface area contributed by atoms with Crippen molar-refractivity contribution in [2.45, 2.75) is 52.9 Å². The predicted octanol–water partition coefficient (Wildman–Crippen LogP) is 3.02. The highest BCUT2D eigenvalue weighted by Crippen LogP contribution is 2.28. The quantitative estimate of drug-likeness (QED) is 0.490. The molecule has 0 spiro atoms. The second-order valence-corrected chi connectivity index (χ2v) is 8.02. The molecule has 3 heterocycles. The van der Waals surface area contributed by atoms with Gasteiger partial charge in [-0.05, 0) is 32.0 Å². The van der Waals surface area contributed by atoms with Crippen LogP contribution in [0.4, 0.5) is 16.0 Å². The molecule has 4 rings (SSSR count). The van der Waals surface area contributed by atoms with Crippen molar-refractivity contribution in [2.75, 3.05) is 25.0 Å². The first-order chi connectivity index (χ1) is 17.9. The lowest BCUT2D eigenvalue weighted by Gasteiger charge is -2.34. The fourth-order valence-electron chi connectivity index (χ4n) is 3.78. The fourth-order valence-corrected chi connectivity index (χ4v) is 3.78. The van der Waals surface area contributed by atoms with Crippen LogP contribution in [0.5, 0.6) is 5.75 Å². The van der Waals surface area contributed by atoms with E-state index in [1.165, 1.54) is 11.2 Å². The number of halogens is 1. The van der Waals surface area contributed by atoms with Gasteiger partial charge in [0.25, 0.3) is 0 Å². The number of alkyl halides is 1. The summed E-state index contributed by atoms with van der Waals surface area (Å²) < 4.78 is 22.2. The zero-order chi connectivity index (χ0) is 26.9.